The van der Waals surface area contributed by atoms with Crippen molar-refractivity contribution in [2.75, 3.05) is 65.6 Å². The summed E-state index contributed by atoms with van der Waals surface area (Å²) >= 11 is 0. The molecule has 1 saturated heterocycles. The lowest BCUT2D eigenvalue weighted by Crippen LogP contribution is -2.44. The minimum Gasteiger partial charge on any atom is -0.497 e. The molecule has 71 heavy (non-hydrogen) atoms. The van der Waals surface area contributed by atoms with E-state index in [0.29, 0.717) is 13.2 Å². The SMILES string of the molecule is COc1ccc(C(OCCCCCCOc2ccc(-c3nc4ccc(-c5nc6ccc(-c7nc8ccc(N9CCN(C)CC9)cc8[nH]7)cc6[nH]5)cc4[nH]3)cc2)(c2ccccc2)c2ccc(OC)cc2)cc1. The zero-order valence-corrected chi connectivity index (χ0v) is 40.5. The van der Waals surface area contributed by atoms with Gasteiger partial charge >= 0.3 is 0 Å². The van der Waals surface area contributed by atoms with Gasteiger partial charge in [-0.3, -0.25) is 0 Å². The van der Waals surface area contributed by atoms with Crippen molar-refractivity contribution in [1.29, 1.82) is 0 Å². The van der Waals surface area contributed by atoms with Gasteiger partial charge in [-0.05, 0) is 146 Å². The van der Waals surface area contributed by atoms with Crippen LogP contribution in [0.2, 0.25) is 0 Å². The number of hydrogen-bond acceptors (Lipinski definition) is 9. The van der Waals surface area contributed by atoms with Gasteiger partial charge in [-0.2, -0.15) is 0 Å². The first kappa shape index (κ1) is 45.5. The monoisotopic (exact) mass is 942 g/mol. The van der Waals surface area contributed by atoms with E-state index in [2.05, 4.69) is 141 Å². The molecular formula is C59H58N8O4. The molecule has 1 aliphatic rings. The predicted molar refractivity (Wildman–Crippen MR) is 284 cm³/mol. The molecule has 0 unspecified atom stereocenters. The number of fused-ring (bicyclic) bond motifs is 3. The van der Waals surface area contributed by atoms with E-state index in [1.54, 1.807) is 14.2 Å². The van der Waals surface area contributed by atoms with E-state index in [0.717, 1.165) is 153 Å². The Bertz CT molecular complexity index is 3330. The molecule has 0 amide bonds. The number of imidazole rings is 3. The van der Waals surface area contributed by atoms with Gasteiger partial charge in [0.05, 0.1) is 53.9 Å². The minimum absolute atomic E-state index is 0.586. The van der Waals surface area contributed by atoms with Gasteiger partial charge in [0.1, 0.15) is 40.3 Å². The third kappa shape index (κ3) is 9.56. The average Bonchev–Trinajstić information content (AvgIpc) is 4.18. The fraction of sp³-hybridized carbons (Fsp3) is 0.237. The van der Waals surface area contributed by atoms with Crippen molar-refractivity contribution in [3.63, 3.8) is 0 Å². The summed E-state index contributed by atoms with van der Waals surface area (Å²) in [5.41, 5.74) is 12.2. The highest BCUT2D eigenvalue weighted by atomic mass is 16.5. The maximum absolute atomic E-state index is 7.03. The predicted octanol–water partition coefficient (Wildman–Crippen LogP) is 12.0. The number of hydrogen-bond donors (Lipinski definition) is 3. The molecule has 4 heterocycles. The van der Waals surface area contributed by atoms with Crippen LogP contribution in [-0.2, 0) is 10.3 Å². The zero-order chi connectivity index (χ0) is 48.2. The molecule has 0 spiro atoms. The highest BCUT2D eigenvalue weighted by Crippen LogP contribution is 2.42. The average molecular weight is 943 g/mol. The maximum Gasteiger partial charge on any atom is 0.143 e. The second-order valence-electron chi connectivity index (χ2n) is 18.4. The van der Waals surface area contributed by atoms with Gasteiger partial charge in [0, 0.05) is 55.2 Å². The van der Waals surface area contributed by atoms with Crippen LogP contribution >= 0.6 is 0 Å². The number of nitrogens with one attached hydrogen (secondary N) is 3. The van der Waals surface area contributed by atoms with Crippen molar-refractivity contribution in [1.82, 2.24) is 34.8 Å². The Hall–Kier alpha value is -7.93. The van der Waals surface area contributed by atoms with Crippen molar-refractivity contribution in [2.24, 2.45) is 0 Å². The third-order valence-electron chi connectivity index (χ3n) is 13.8. The highest BCUT2D eigenvalue weighted by Gasteiger charge is 2.37. The normalized spacial score (nSPS) is 13.4. The number of ether oxygens (including phenoxy) is 4. The topological polar surface area (TPSA) is 129 Å². The zero-order valence-electron chi connectivity index (χ0n) is 40.5. The fourth-order valence-electron chi connectivity index (χ4n) is 9.74. The lowest BCUT2D eigenvalue weighted by atomic mass is 9.80. The van der Waals surface area contributed by atoms with E-state index < -0.39 is 5.60 Å². The van der Waals surface area contributed by atoms with E-state index in [1.807, 2.05) is 48.5 Å². The number of likely N-dealkylation sites (N-methyl/N-ethyl adjacent to an activating group) is 1. The lowest BCUT2D eigenvalue weighted by Gasteiger charge is -2.36. The Morgan fingerprint density at radius 2 is 0.930 bits per heavy atom. The van der Waals surface area contributed by atoms with E-state index in [4.69, 9.17) is 33.9 Å². The fourth-order valence-corrected chi connectivity index (χ4v) is 9.74. The molecule has 12 heteroatoms. The van der Waals surface area contributed by atoms with Crippen LogP contribution in [0.3, 0.4) is 0 Å². The molecule has 1 fully saturated rings. The van der Waals surface area contributed by atoms with Gasteiger partial charge in [0.25, 0.3) is 0 Å². The number of methoxy groups -OCH3 is 2. The number of aromatic amines is 3. The van der Waals surface area contributed by atoms with E-state index >= 15 is 0 Å². The van der Waals surface area contributed by atoms with Crippen LogP contribution in [-0.4, -0.2) is 95.5 Å². The summed E-state index contributed by atoms with van der Waals surface area (Å²) in [6, 6.07) is 53.9. The molecule has 0 bridgehead atoms. The van der Waals surface area contributed by atoms with Crippen LogP contribution in [0.25, 0.3) is 67.3 Å². The summed E-state index contributed by atoms with van der Waals surface area (Å²) in [6.45, 7) is 5.42. The van der Waals surface area contributed by atoms with Crippen LogP contribution in [0.5, 0.6) is 17.2 Å². The summed E-state index contributed by atoms with van der Waals surface area (Å²) in [7, 11) is 5.55. The first-order chi connectivity index (χ1) is 34.9. The number of anilines is 1. The van der Waals surface area contributed by atoms with E-state index in [-0.39, 0.29) is 0 Å². The Morgan fingerprint density at radius 1 is 0.465 bits per heavy atom. The third-order valence-corrected chi connectivity index (χ3v) is 13.8. The number of piperazine rings is 1. The quantitative estimate of drug-likeness (QED) is 0.0569. The molecule has 0 atom stereocenters. The molecule has 3 N–H and O–H groups in total. The Morgan fingerprint density at radius 3 is 1.48 bits per heavy atom. The number of H-pyrrole nitrogens is 3. The summed E-state index contributed by atoms with van der Waals surface area (Å²) in [5, 5.41) is 0. The standard InChI is InChI=1S/C59H58N8O4/c1-66-31-33-67(34-32-66)46-21-30-52-55(39-46)65-58(62-52)42-16-29-51-54(38-42)64-57(61-51)41-15-28-50-53(37-41)63-56(60-50)40-13-22-49(23-14-40)70-35-9-4-5-10-36-71-59(43-11-7-6-8-12-43,44-17-24-47(68-2)25-18-44)45-19-26-48(69-3)27-20-45/h6-8,11-30,37-39H,4-5,9-10,31-36H2,1-3H3,(H,60,63)(H,61,64)(H,62,65). The van der Waals surface area contributed by atoms with Crippen LogP contribution in [0.15, 0.2) is 158 Å². The Balaban J connectivity index is 0.690. The van der Waals surface area contributed by atoms with Crippen LogP contribution in [0.4, 0.5) is 5.69 Å². The Kier molecular flexibility index (Phi) is 12.9. The van der Waals surface area contributed by atoms with Crippen LogP contribution in [0.1, 0.15) is 42.4 Å². The molecule has 0 saturated carbocycles. The van der Waals surface area contributed by atoms with Gasteiger partial charge in [-0.1, -0.05) is 61.0 Å². The molecule has 1 aliphatic heterocycles. The largest absolute Gasteiger partial charge is 0.497 e. The smallest absolute Gasteiger partial charge is 0.143 e. The molecular weight excluding hydrogens is 885 g/mol. The van der Waals surface area contributed by atoms with Gasteiger partial charge in [-0.25, -0.2) is 15.0 Å². The van der Waals surface area contributed by atoms with Gasteiger partial charge in [0.2, 0.25) is 0 Å². The van der Waals surface area contributed by atoms with Gasteiger partial charge in [-0.15, -0.1) is 0 Å². The first-order valence-electron chi connectivity index (χ1n) is 24.6. The number of nitrogens with zero attached hydrogens (tertiary/aromatic N) is 5. The molecule has 358 valence electrons. The number of unbranched alkanes of at least 4 members (excludes halogenated alkanes) is 3. The number of benzene rings is 7. The molecule has 10 aromatic rings. The van der Waals surface area contributed by atoms with E-state index in [1.165, 1.54) is 5.69 Å². The van der Waals surface area contributed by atoms with Crippen LogP contribution in [0, 0.1) is 0 Å². The number of aromatic nitrogens is 6. The van der Waals surface area contributed by atoms with Crippen LogP contribution < -0.4 is 19.1 Å². The van der Waals surface area contributed by atoms with E-state index in [9.17, 15) is 0 Å². The van der Waals surface area contributed by atoms with Crippen molar-refractivity contribution >= 4 is 38.8 Å². The van der Waals surface area contributed by atoms with Gasteiger partial charge < -0.3 is 43.7 Å². The van der Waals surface area contributed by atoms with Gasteiger partial charge in [0.15, 0.2) is 0 Å². The molecule has 11 rings (SSSR count). The summed E-state index contributed by atoms with van der Waals surface area (Å²) in [4.78, 5) is 30.3. The molecule has 0 radical (unpaired) electrons. The van der Waals surface area contributed by atoms with Crippen molar-refractivity contribution < 1.29 is 18.9 Å². The number of rotatable bonds is 18. The minimum atomic E-state index is -0.809. The lowest BCUT2D eigenvalue weighted by molar-refractivity contribution is 0.0105. The van der Waals surface area contributed by atoms with Crippen molar-refractivity contribution in [3.05, 3.63) is 174 Å². The second kappa shape index (κ2) is 20.2. The Labute approximate surface area is 413 Å². The molecule has 12 nitrogen and oxygen atoms in total. The summed E-state index contributed by atoms with van der Waals surface area (Å²) in [5.74, 6) is 4.88. The molecule has 0 aliphatic carbocycles. The molecule has 7 aromatic carbocycles. The summed E-state index contributed by atoms with van der Waals surface area (Å²) < 4.78 is 24.2. The highest BCUT2D eigenvalue weighted by molar-refractivity contribution is 5.89. The summed E-state index contributed by atoms with van der Waals surface area (Å²) in [6.07, 6.45) is 3.91. The maximum atomic E-state index is 7.03. The second-order valence-corrected chi connectivity index (χ2v) is 18.4. The van der Waals surface area contributed by atoms with Crippen molar-refractivity contribution in [2.45, 2.75) is 31.3 Å². The van der Waals surface area contributed by atoms with Crippen molar-refractivity contribution in [3.8, 4) is 51.4 Å². The molecule has 3 aromatic heterocycles. The first-order valence-corrected chi connectivity index (χ1v) is 24.6.